The van der Waals surface area contributed by atoms with Gasteiger partial charge in [0.1, 0.15) is 5.52 Å². The third-order valence-electron chi connectivity index (χ3n) is 4.43. The molecule has 0 amide bonds. The van der Waals surface area contributed by atoms with Gasteiger partial charge in [-0.05, 0) is 25.5 Å². The molecule has 4 nitrogen and oxygen atoms in total. The van der Waals surface area contributed by atoms with Crippen molar-refractivity contribution < 1.29 is 0 Å². The Morgan fingerprint density at radius 3 is 3.18 bits per heavy atom. The van der Waals surface area contributed by atoms with Crippen LogP contribution in [0.25, 0.3) is 10.9 Å². The number of fused-ring (bicyclic) bond motifs is 2. The van der Waals surface area contributed by atoms with E-state index in [9.17, 15) is 0 Å². The van der Waals surface area contributed by atoms with Crippen molar-refractivity contribution >= 4 is 16.6 Å². The van der Waals surface area contributed by atoms with Crippen molar-refractivity contribution in [3.05, 3.63) is 23.9 Å². The number of benzene rings is 1. The largest absolute Gasteiger partial charge is 0.397 e. The van der Waals surface area contributed by atoms with E-state index in [0.717, 1.165) is 23.7 Å². The lowest BCUT2D eigenvalue weighted by Crippen LogP contribution is -2.22. The van der Waals surface area contributed by atoms with E-state index in [0.29, 0.717) is 5.41 Å². The summed E-state index contributed by atoms with van der Waals surface area (Å²) >= 11 is 0. The molecule has 1 aromatic carbocycles. The normalized spacial score (nSPS) is 31.9. The Morgan fingerprint density at radius 2 is 2.41 bits per heavy atom. The minimum Gasteiger partial charge on any atom is -0.397 e. The highest BCUT2D eigenvalue weighted by molar-refractivity contribution is 5.92. The number of aromatic nitrogens is 2. The van der Waals surface area contributed by atoms with Gasteiger partial charge in [-0.2, -0.15) is 5.10 Å². The van der Waals surface area contributed by atoms with Crippen LogP contribution in [0.3, 0.4) is 0 Å². The summed E-state index contributed by atoms with van der Waals surface area (Å²) in [6, 6.07) is 6.06. The molecule has 2 atom stereocenters. The lowest BCUT2D eigenvalue weighted by atomic mass is 9.98. The number of nitrogens with two attached hydrogens (primary N) is 1. The van der Waals surface area contributed by atoms with Gasteiger partial charge < -0.3 is 10.6 Å². The third kappa shape index (κ3) is 1.08. The van der Waals surface area contributed by atoms with Crippen molar-refractivity contribution in [3.8, 4) is 0 Å². The molecule has 2 aliphatic rings. The Bertz CT molecular complexity index is 602. The highest BCUT2D eigenvalue weighted by Crippen LogP contribution is 2.59. The molecule has 2 heterocycles. The number of anilines is 1. The van der Waals surface area contributed by atoms with E-state index in [-0.39, 0.29) is 0 Å². The van der Waals surface area contributed by atoms with Gasteiger partial charge in [0.05, 0.1) is 11.4 Å². The van der Waals surface area contributed by atoms with Gasteiger partial charge in [0.15, 0.2) is 0 Å². The van der Waals surface area contributed by atoms with E-state index in [1.165, 1.54) is 24.0 Å². The molecule has 1 aliphatic carbocycles. The predicted molar refractivity (Wildman–Crippen MR) is 67.8 cm³/mol. The molecule has 2 fully saturated rings. The lowest BCUT2D eigenvalue weighted by Gasteiger charge is -2.14. The highest BCUT2D eigenvalue weighted by atomic mass is 15.2. The van der Waals surface area contributed by atoms with Gasteiger partial charge in [-0.25, -0.2) is 0 Å². The van der Waals surface area contributed by atoms with Gasteiger partial charge in [-0.1, -0.05) is 12.1 Å². The van der Waals surface area contributed by atoms with Crippen LogP contribution >= 0.6 is 0 Å². The number of para-hydroxylation sites is 1. The molecular formula is C13H16N4. The zero-order valence-corrected chi connectivity index (χ0v) is 9.90. The first-order valence-electron chi connectivity index (χ1n) is 6.12. The first-order chi connectivity index (χ1) is 8.21. The Hall–Kier alpha value is -1.55. The summed E-state index contributed by atoms with van der Waals surface area (Å²) < 4.78 is 0. The van der Waals surface area contributed by atoms with Crippen LogP contribution in [0, 0.1) is 5.92 Å². The fourth-order valence-corrected chi connectivity index (χ4v) is 3.56. The molecule has 17 heavy (non-hydrogen) atoms. The fourth-order valence-electron chi connectivity index (χ4n) is 3.56. The van der Waals surface area contributed by atoms with Crippen molar-refractivity contribution in [1.29, 1.82) is 0 Å². The van der Waals surface area contributed by atoms with E-state index in [1.54, 1.807) is 0 Å². The minimum atomic E-state index is 0.331. The van der Waals surface area contributed by atoms with Crippen LogP contribution in [-0.2, 0) is 5.41 Å². The fraction of sp³-hybridized carbons (Fsp3) is 0.462. The lowest BCUT2D eigenvalue weighted by molar-refractivity contribution is 0.362. The number of likely N-dealkylation sites (tertiary alicyclic amines) is 1. The number of hydrogen-bond donors (Lipinski definition) is 2. The van der Waals surface area contributed by atoms with E-state index in [2.05, 4.69) is 28.2 Å². The van der Waals surface area contributed by atoms with Gasteiger partial charge in [-0.3, -0.25) is 5.10 Å². The molecule has 0 radical (unpaired) electrons. The van der Waals surface area contributed by atoms with Crippen LogP contribution in [0.4, 0.5) is 5.69 Å². The van der Waals surface area contributed by atoms with E-state index >= 15 is 0 Å². The first-order valence-corrected chi connectivity index (χ1v) is 6.12. The number of piperidine rings is 1. The molecular weight excluding hydrogens is 212 g/mol. The van der Waals surface area contributed by atoms with Crippen LogP contribution in [0.15, 0.2) is 18.2 Å². The molecule has 3 N–H and O–H groups in total. The maximum atomic E-state index is 5.96. The van der Waals surface area contributed by atoms with Crippen molar-refractivity contribution in [3.63, 3.8) is 0 Å². The number of aromatic amines is 1. The number of H-pyrrole nitrogens is 1. The van der Waals surface area contributed by atoms with E-state index in [4.69, 9.17) is 5.73 Å². The molecule has 1 aromatic heterocycles. The maximum absolute atomic E-state index is 5.96. The first kappa shape index (κ1) is 9.48. The van der Waals surface area contributed by atoms with Crippen molar-refractivity contribution in [2.24, 2.45) is 5.92 Å². The second kappa shape index (κ2) is 2.82. The van der Waals surface area contributed by atoms with Crippen LogP contribution in [0.5, 0.6) is 0 Å². The van der Waals surface area contributed by atoms with Gasteiger partial charge in [0, 0.05) is 23.9 Å². The zero-order valence-electron chi connectivity index (χ0n) is 9.90. The van der Waals surface area contributed by atoms with Crippen LogP contribution in [0.1, 0.15) is 12.1 Å². The van der Waals surface area contributed by atoms with Crippen LogP contribution in [-0.4, -0.2) is 35.2 Å². The van der Waals surface area contributed by atoms with Crippen molar-refractivity contribution in [2.45, 2.75) is 11.8 Å². The molecule has 0 bridgehead atoms. The van der Waals surface area contributed by atoms with Crippen LogP contribution < -0.4 is 5.73 Å². The summed E-state index contributed by atoms with van der Waals surface area (Å²) in [6.45, 7) is 2.35. The molecule has 1 saturated carbocycles. The third-order valence-corrected chi connectivity index (χ3v) is 4.43. The molecule has 1 aliphatic heterocycles. The number of likely N-dealkylation sites (N-methyl/N-ethyl adjacent to an activating group) is 1. The summed E-state index contributed by atoms with van der Waals surface area (Å²) in [5.41, 5.74) is 9.29. The zero-order chi connectivity index (χ0) is 11.6. The number of hydrogen-bond acceptors (Lipinski definition) is 3. The molecule has 2 unspecified atom stereocenters. The molecule has 88 valence electrons. The summed E-state index contributed by atoms with van der Waals surface area (Å²) in [4.78, 5) is 2.41. The van der Waals surface area contributed by atoms with E-state index in [1.807, 2.05) is 12.1 Å². The standard InChI is InChI=1S/C13H16N4/c1-17-6-8-5-13(8,7-17)12-9-3-2-4-10(14)11(9)15-16-12/h2-4,8H,5-7,14H2,1H3,(H,15,16). The SMILES string of the molecule is CN1CC2CC2(c2[nH]nc3c(N)cccc23)C1. The van der Waals surface area contributed by atoms with Gasteiger partial charge in [0.2, 0.25) is 0 Å². The van der Waals surface area contributed by atoms with Gasteiger partial charge in [0.25, 0.3) is 0 Å². The van der Waals surface area contributed by atoms with Crippen LogP contribution in [0.2, 0.25) is 0 Å². The molecule has 4 rings (SSSR count). The predicted octanol–water partition coefficient (Wildman–Crippen LogP) is 1.35. The topological polar surface area (TPSA) is 57.9 Å². The average molecular weight is 228 g/mol. The molecule has 2 aromatic rings. The average Bonchev–Trinajstić information content (AvgIpc) is 2.72. The Morgan fingerprint density at radius 1 is 1.53 bits per heavy atom. The minimum absolute atomic E-state index is 0.331. The number of nitrogen functional groups attached to an aromatic ring is 1. The van der Waals surface area contributed by atoms with Gasteiger partial charge in [-0.15, -0.1) is 0 Å². The summed E-state index contributed by atoms with van der Waals surface area (Å²) in [5, 5.41) is 8.84. The smallest absolute Gasteiger partial charge is 0.115 e. The summed E-state index contributed by atoms with van der Waals surface area (Å²) in [7, 11) is 2.20. The number of nitrogens with one attached hydrogen (secondary N) is 1. The Labute approximate surface area is 99.8 Å². The molecule has 0 spiro atoms. The summed E-state index contributed by atoms with van der Waals surface area (Å²) in [5.74, 6) is 0.803. The number of rotatable bonds is 1. The highest BCUT2D eigenvalue weighted by Gasteiger charge is 2.61. The quantitative estimate of drug-likeness (QED) is 0.724. The Balaban J connectivity index is 1.90. The monoisotopic (exact) mass is 228 g/mol. The Kier molecular flexibility index (Phi) is 1.57. The second-order valence-electron chi connectivity index (χ2n) is 5.60. The van der Waals surface area contributed by atoms with Gasteiger partial charge >= 0.3 is 0 Å². The second-order valence-corrected chi connectivity index (χ2v) is 5.60. The molecule has 4 heteroatoms. The summed E-state index contributed by atoms with van der Waals surface area (Å²) in [6.07, 6.45) is 1.30. The van der Waals surface area contributed by atoms with Crippen molar-refractivity contribution in [1.82, 2.24) is 15.1 Å². The number of nitrogens with zero attached hydrogens (tertiary/aromatic N) is 2. The van der Waals surface area contributed by atoms with E-state index < -0.39 is 0 Å². The maximum Gasteiger partial charge on any atom is 0.115 e. The molecule has 1 saturated heterocycles. The van der Waals surface area contributed by atoms with Crippen molar-refractivity contribution in [2.75, 3.05) is 25.9 Å².